The van der Waals surface area contributed by atoms with E-state index in [1.165, 1.54) is 5.56 Å². The molecule has 24 heavy (non-hydrogen) atoms. The molecule has 0 bridgehead atoms. The Morgan fingerprint density at radius 1 is 1.12 bits per heavy atom. The summed E-state index contributed by atoms with van der Waals surface area (Å²) in [7, 11) is 0. The Bertz CT molecular complexity index is 621. The van der Waals surface area contributed by atoms with Crippen molar-refractivity contribution in [1.82, 2.24) is 10.4 Å². The molecule has 2 heterocycles. The molecule has 2 aliphatic heterocycles. The predicted octanol–water partition coefficient (Wildman–Crippen LogP) is 4.51. The van der Waals surface area contributed by atoms with Gasteiger partial charge in [-0.15, -0.1) is 0 Å². The van der Waals surface area contributed by atoms with E-state index >= 15 is 0 Å². The van der Waals surface area contributed by atoms with E-state index in [4.69, 9.17) is 21.2 Å². The summed E-state index contributed by atoms with van der Waals surface area (Å²) in [5, 5.41) is 6.41. The fourth-order valence-corrected chi connectivity index (χ4v) is 3.83. The molecule has 2 fully saturated rings. The van der Waals surface area contributed by atoms with Crippen molar-refractivity contribution in [2.75, 3.05) is 6.61 Å². The highest BCUT2D eigenvalue weighted by Crippen LogP contribution is 2.57. The van der Waals surface area contributed by atoms with Crippen LogP contribution >= 0.6 is 11.6 Å². The van der Waals surface area contributed by atoms with Gasteiger partial charge in [0, 0.05) is 16.1 Å². The first-order valence-corrected chi connectivity index (χ1v) is 8.93. The second-order valence-corrected chi connectivity index (χ2v) is 9.61. The average molecular weight is 353 g/mol. The first-order valence-electron chi connectivity index (χ1n) is 8.55. The van der Waals surface area contributed by atoms with E-state index < -0.39 is 5.91 Å². The second-order valence-electron chi connectivity index (χ2n) is 9.18. The molecule has 0 aromatic heterocycles. The van der Waals surface area contributed by atoms with E-state index in [1.807, 2.05) is 12.1 Å². The summed E-state index contributed by atoms with van der Waals surface area (Å²) in [5.41, 5.74) is 0.562. The maximum Gasteiger partial charge on any atom is 0.253 e. The molecule has 2 aliphatic rings. The zero-order valence-corrected chi connectivity index (χ0v) is 16.5. The Hall–Kier alpha value is -0.650. The van der Waals surface area contributed by atoms with E-state index in [0.29, 0.717) is 6.61 Å². The maximum atomic E-state index is 6.49. The van der Waals surface area contributed by atoms with Crippen LogP contribution in [-0.2, 0) is 9.57 Å². The molecule has 3 rings (SSSR count). The highest BCUT2D eigenvalue weighted by molar-refractivity contribution is 6.30. The molecule has 2 saturated heterocycles. The largest absolute Gasteiger partial charge is 0.334 e. The van der Waals surface area contributed by atoms with Gasteiger partial charge in [-0.3, -0.25) is 5.32 Å². The smallest absolute Gasteiger partial charge is 0.253 e. The molecule has 1 aromatic carbocycles. The van der Waals surface area contributed by atoms with Gasteiger partial charge in [0.25, 0.3) is 5.91 Å². The number of hydrogen-bond acceptors (Lipinski definition) is 4. The van der Waals surface area contributed by atoms with Crippen LogP contribution in [0.3, 0.4) is 0 Å². The predicted molar refractivity (Wildman–Crippen MR) is 96.5 cm³/mol. The first kappa shape index (κ1) is 18.2. The summed E-state index contributed by atoms with van der Waals surface area (Å²) in [5.74, 6) is -0.839. The van der Waals surface area contributed by atoms with Gasteiger partial charge < -0.3 is 4.74 Å². The number of rotatable bonds is 1. The molecule has 0 amide bonds. The third kappa shape index (κ3) is 2.78. The monoisotopic (exact) mass is 352 g/mol. The van der Waals surface area contributed by atoms with Crippen molar-refractivity contribution in [2.24, 2.45) is 5.41 Å². The van der Waals surface area contributed by atoms with Crippen LogP contribution < -0.4 is 5.32 Å². The minimum Gasteiger partial charge on any atom is -0.334 e. The topological polar surface area (TPSA) is 33.7 Å². The number of hydrogen-bond donors (Lipinski definition) is 1. The van der Waals surface area contributed by atoms with Gasteiger partial charge in [-0.2, -0.15) is 5.06 Å². The molecule has 4 nitrogen and oxygen atoms in total. The van der Waals surface area contributed by atoms with Gasteiger partial charge in [0.2, 0.25) is 0 Å². The third-order valence-corrected chi connectivity index (χ3v) is 5.23. The van der Waals surface area contributed by atoms with Gasteiger partial charge in [0.1, 0.15) is 0 Å². The fraction of sp³-hybridized carbons (Fsp3) is 0.684. The summed E-state index contributed by atoms with van der Waals surface area (Å²) >= 11 is 6.09. The molecule has 5 heteroatoms. The van der Waals surface area contributed by atoms with E-state index in [1.54, 1.807) is 0 Å². The average Bonchev–Trinajstić information content (AvgIpc) is 2.86. The minimum atomic E-state index is -0.839. The van der Waals surface area contributed by atoms with Crippen molar-refractivity contribution in [3.8, 4) is 0 Å². The van der Waals surface area contributed by atoms with Crippen molar-refractivity contribution in [3.05, 3.63) is 34.9 Å². The van der Waals surface area contributed by atoms with Gasteiger partial charge in [0.05, 0.1) is 18.1 Å². The van der Waals surface area contributed by atoms with E-state index in [9.17, 15) is 0 Å². The van der Waals surface area contributed by atoms with Crippen LogP contribution in [0.2, 0.25) is 5.02 Å². The molecule has 0 saturated carbocycles. The normalized spacial score (nSPS) is 32.6. The minimum absolute atomic E-state index is 0.0381. The second kappa shape index (κ2) is 5.42. The Labute approximate surface area is 150 Å². The van der Waals surface area contributed by atoms with Crippen molar-refractivity contribution in [2.45, 2.75) is 71.5 Å². The van der Waals surface area contributed by atoms with Crippen LogP contribution in [0.5, 0.6) is 0 Å². The number of ether oxygens (including phenoxy) is 1. The number of nitrogens with zero attached hydrogens (tertiary/aromatic N) is 1. The quantitative estimate of drug-likeness (QED) is 0.806. The number of nitrogens with one attached hydrogen (secondary N) is 1. The lowest BCUT2D eigenvalue weighted by molar-refractivity contribution is -0.334. The molecule has 1 N–H and O–H groups in total. The number of hydroxylamine groups is 2. The maximum absolute atomic E-state index is 6.49. The van der Waals surface area contributed by atoms with E-state index in [2.05, 4.69) is 71.0 Å². The van der Waals surface area contributed by atoms with Gasteiger partial charge in [-0.25, -0.2) is 4.84 Å². The Balaban J connectivity index is 2.09. The molecule has 2 atom stereocenters. The van der Waals surface area contributed by atoms with Gasteiger partial charge in [0.15, 0.2) is 0 Å². The highest BCUT2D eigenvalue weighted by Gasteiger charge is 2.67. The lowest BCUT2D eigenvalue weighted by Gasteiger charge is -2.38. The third-order valence-electron chi connectivity index (χ3n) is 4.98. The summed E-state index contributed by atoms with van der Waals surface area (Å²) in [6.45, 7) is 15.8. The van der Waals surface area contributed by atoms with Crippen molar-refractivity contribution in [3.63, 3.8) is 0 Å². The summed E-state index contributed by atoms with van der Waals surface area (Å²) in [6, 6.07) is 8.07. The van der Waals surface area contributed by atoms with Crippen LogP contribution in [-0.4, -0.2) is 28.7 Å². The SMILES string of the molecule is CC1(C)COC2(N1)ON(C(C)(C)C)C(c1ccc(Cl)cc1)C2(C)C. The lowest BCUT2D eigenvalue weighted by Crippen LogP contribution is -2.56. The number of halogens is 1. The van der Waals surface area contributed by atoms with Gasteiger partial charge >= 0.3 is 0 Å². The zero-order valence-electron chi connectivity index (χ0n) is 15.7. The Morgan fingerprint density at radius 3 is 2.17 bits per heavy atom. The van der Waals surface area contributed by atoms with Crippen molar-refractivity contribution >= 4 is 11.6 Å². The van der Waals surface area contributed by atoms with E-state index in [-0.39, 0.29) is 22.5 Å². The molecule has 0 aliphatic carbocycles. The Kier molecular flexibility index (Phi) is 4.10. The van der Waals surface area contributed by atoms with E-state index in [0.717, 1.165) is 5.02 Å². The van der Waals surface area contributed by atoms with Crippen LogP contribution in [0, 0.1) is 5.41 Å². The molecule has 1 spiro atoms. The molecule has 2 unspecified atom stereocenters. The van der Waals surface area contributed by atoms with Crippen molar-refractivity contribution in [1.29, 1.82) is 0 Å². The molecule has 1 aromatic rings. The zero-order chi connectivity index (χ0) is 18.0. The summed E-state index contributed by atoms with van der Waals surface area (Å²) in [6.07, 6.45) is 0. The van der Waals surface area contributed by atoms with Crippen molar-refractivity contribution < 1.29 is 9.57 Å². The van der Waals surface area contributed by atoms with Crippen LogP contribution in [0.4, 0.5) is 0 Å². The summed E-state index contributed by atoms with van der Waals surface area (Å²) < 4.78 is 6.23. The molecular weight excluding hydrogens is 324 g/mol. The number of benzene rings is 1. The summed E-state index contributed by atoms with van der Waals surface area (Å²) in [4.78, 5) is 6.49. The standard InChI is InChI=1S/C19H29ClN2O2/c1-16(2,3)22-15(13-8-10-14(20)11-9-13)18(6,7)19(24-22)21-17(4,5)12-23-19/h8-11,15,21H,12H2,1-7H3. The van der Waals surface area contributed by atoms with Crippen LogP contribution in [0.15, 0.2) is 24.3 Å². The molecule has 134 valence electrons. The van der Waals surface area contributed by atoms with Crippen LogP contribution in [0.1, 0.15) is 60.1 Å². The van der Waals surface area contributed by atoms with Crippen LogP contribution in [0.25, 0.3) is 0 Å². The van der Waals surface area contributed by atoms with Gasteiger partial charge in [-0.05, 0) is 52.3 Å². The van der Waals surface area contributed by atoms with Gasteiger partial charge in [-0.1, -0.05) is 37.6 Å². The highest BCUT2D eigenvalue weighted by atomic mass is 35.5. The Morgan fingerprint density at radius 2 is 1.71 bits per heavy atom. The first-order chi connectivity index (χ1) is 10.9. The molecular formula is C19H29ClN2O2. The lowest BCUT2D eigenvalue weighted by atomic mass is 9.76. The fourth-order valence-electron chi connectivity index (χ4n) is 3.70. The molecule has 0 radical (unpaired) electrons.